The Balaban J connectivity index is 3.95. The second-order valence-corrected chi connectivity index (χ2v) is 4.13. The average molecular weight is 248 g/mol. The molecule has 0 bridgehead atoms. The van der Waals surface area contributed by atoms with Crippen molar-refractivity contribution in [2.75, 3.05) is 19.8 Å². The van der Waals surface area contributed by atoms with Gasteiger partial charge in [0.15, 0.2) is 0 Å². The smallest absolute Gasteiger partial charge is 0.319 e. The number of hydrogen-bond donors (Lipinski definition) is 1. The van der Waals surface area contributed by atoms with E-state index >= 15 is 0 Å². The zero-order chi connectivity index (χ0) is 13.0. The Bertz CT molecular complexity index is 135. The molecule has 0 aromatic heterocycles. The van der Waals surface area contributed by atoms with Gasteiger partial charge in [0.05, 0.1) is 19.8 Å². The van der Waals surface area contributed by atoms with Crippen LogP contribution in [0.1, 0.15) is 59.3 Å². The van der Waals surface area contributed by atoms with Gasteiger partial charge in [-0.2, -0.15) is 0 Å². The molecule has 1 N–H and O–H groups in total. The van der Waals surface area contributed by atoms with E-state index < -0.39 is 6.16 Å². The van der Waals surface area contributed by atoms with Crippen LogP contribution >= 0.6 is 0 Å². The van der Waals surface area contributed by atoms with E-state index in [0.29, 0.717) is 19.8 Å². The molecule has 0 heterocycles. The number of ether oxygens (including phenoxy) is 3. The van der Waals surface area contributed by atoms with Gasteiger partial charge < -0.3 is 19.3 Å². The van der Waals surface area contributed by atoms with Crippen molar-refractivity contribution in [2.45, 2.75) is 65.5 Å². The largest absolute Gasteiger partial charge is 0.410 e. The summed E-state index contributed by atoms with van der Waals surface area (Å²) in [5.74, 6) is 0. The fourth-order valence-electron chi connectivity index (χ4n) is 1.16. The molecule has 0 saturated heterocycles. The lowest BCUT2D eigenvalue weighted by molar-refractivity contribution is -0.485. The van der Waals surface area contributed by atoms with Gasteiger partial charge in [-0.3, -0.25) is 0 Å². The van der Waals surface area contributed by atoms with Crippen molar-refractivity contribution in [3.8, 4) is 0 Å². The predicted octanol–water partition coefficient (Wildman–Crippen LogP) is 3.04. The zero-order valence-electron chi connectivity index (χ0n) is 11.5. The van der Waals surface area contributed by atoms with Gasteiger partial charge in [0.1, 0.15) is 0 Å². The third kappa shape index (κ3) is 9.53. The number of aliphatic hydroxyl groups is 1. The third-order valence-electron chi connectivity index (χ3n) is 2.35. The highest BCUT2D eigenvalue weighted by Crippen LogP contribution is 2.14. The Hall–Kier alpha value is -0.160. The molecule has 0 aliphatic heterocycles. The van der Waals surface area contributed by atoms with Crippen LogP contribution in [0.4, 0.5) is 0 Å². The number of rotatable bonds is 12. The first-order chi connectivity index (χ1) is 8.18. The molecule has 0 saturated carbocycles. The molecular formula is C13H28O4. The van der Waals surface area contributed by atoms with Gasteiger partial charge in [0.2, 0.25) is 0 Å². The Labute approximate surface area is 105 Å². The highest BCUT2D eigenvalue weighted by Gasteiger charge is 2.30. The molecule has 0 aliphatic carbocycles. The zero-order valence-corrected chi connectivity index (χ0v) is 11.5. The Morgan fingerprint density at radius 2 is 1.00 bits per heavy atom. The lowest BCUT2D eigenvalue weighted by atomic mass is 10.3. The molecule has 0 rings (SSSR count). The minimum Gasteiger partial charge on any atom is -0.319 e. The van der Waals surface area contributed by atoms with Crippen LogP contribution in [0.25, 0.3) is 0 Å². The fraction of sp³-hybridized carbons (Fsp3) is 1.00. The number of unbranched alkanes of at least 4 members (excludes halogenated alkanes) is 3. The minimum atomic E-state index is -1.85. The first kappa shape index (κ1) is 16.8. The normalized spacial score (nSPS) is 12.0. The summed E-state index contributed by atoms with van der Waals surface area (Å²) in [6.45, 7) is 7.55. The molecule has 17 heavy (non-hydrogen) atoms. The van der Waals surface area contributed by atoms with Crippen LogP contribution in [-0.2, 0) is 14.2 Å². The molecule has 0 amide bonds. The lowest BCUT2D eigenvalue weighted by Crippen LogP contribution is -2.40. The molecule has 4 nitrogen and oxygen atoms in total. The first-order valence-corrected chi connectivity index (χ1v) is 6.82. The molecule has 0 aliphatic rings. The van der Waals surface area contributed by atoms with E-state index in [1.54, 1.807) is 0 Å². The van der Waals surface area contributed by atoms with Crippen LogP contribution in [0.15, 0.2) is 0 Å². The van der Waals surface area contributed by atoms with Crippen molar-refractivity contribution in [3.05, 3.63) is 0 Å². The summed E-state index contributed by atoms with van der Waals surface area (Å²) in [6.07, 6.45) is 3.85. The van der Waals surface area contributed by atoms with Crippen molar-refractivity contribution in [3.63, 3.8) is 0 Å². The first-order valence-electron chi connectivity index (χ1n) is 6.82. The maximum absolute atomic E-state index is 10.0. The summed E-state index contributed by atoms with van der Waals surface area (Å²) >= 11 is 0. The van der Waals surface area contributed by atoms with Crippen molar-refractivity contribution in [1.29, 1.82) is 0 Å². The highest BCUT2D eigenvalue weighted by atomic mass is 17.0. The van der Waals surface area contributed by atoms with Crippen LogP contribution in [0.2, 0.25) is 0 Å². The van der Waals surface area contributed by atoms with Crippen molar-refractivity contribution in [1.82, 2.24) is 0 Å². The second-order valence-electron chi connectivity index (χ2n) is 4.13. The van der Waals surface area contributed by atoms with Gasteiger partial charge >= 0.3 is 6.16 Å². The Morgan fingerprint density at radius 1 is 0.706 bits per heavy atom. The topological polar surface area (TPSA) is 47.9 Å². The standard InChI is InChI=1S/C13H28O4/c1-4-7-10-15-13(14,16-11-8-5-2)17-12-9-6-3/h14H,4-12H2,1-3H3. The van der Waals surface area contributed by atoms with Crippen molar-refractivity contribution in [2.24, 2.45) is 0 Å². The van der Waals surface area contributed by atoms with E-state index in [-0.39, 0.29) is 0 Å². The average Bonchev–Trinajstić information content (AvgIpc) is 2.30. The van der Waals surface area contributed by atoms with Gasteiger partial charge in [0, 0.05) is 0 Å². The summed E-state index contributed by atoms with van der Waals surface area (Å²) in [4.78, 5) is 0. The van der Waals surface area contributed by atoms with Gasteiger partial charge in [-0.1, -0.05) is 40.0 Å². The maximum Gasteiger partial charge on any atom is 0.410 e. The third-order valence-corrected chi connectivity index (χ3v) is 2.35. The van der Waals surface area contributed by atoms with Crippen LogP contribution in [0, 0.1) is 0 Å². The van der Waals surface area contributed by atoms with Crippen LogP contribution in [0.3, 0.4) is 0 Å². The second kappa shape index (κ2) is 11.0. The van der Waals surface area contributed by atoms with Crippen LogP contribution in [0.5, 0.6) is 0 Å². The van der Waals surface area contributed by atoms with E-state index in [2.05, 4.69) is 20.8 Å². The van der Waals surface area contributed by atoms with E-state index in [4.69, 9.17) is 14.2 Å². The maximum atomic E-state index is 10.0. The molecule has 0 fully saturated rings. The highest BCUT2D eigenvalue weighted by molar-refractivity contribution is 4.43. The molecule has 0 aromatic carbocycles. The summed E-state index contributed by atoms with van der Waals surface area (Å²) in [7, 11) is 0. The summed E-state index contributed by atoms with van der Waals surface area (Å²) in [5.41, 5.74) is 0. The van der Waals surface area contributed by atoms with Crippen molar-refractivity contribution >= 4 is 0 Å². The van der Waals surface area contributed by atoms with E-state index in [1.165, 1.54) is 0 Å². The summed E-state index contributed by atoms with van der Waals surface area (Å²) in [6, 6.07) is 0. The van der Waals surface area contributed by atoms with E-state index in [9.17, 15) is 5.11 Å². The van der Waals surface area contributed by atoms with Crippen molar-refractivity contribution < 1.29 is 19.3 Å². The monoisotopic (exact) mass is 248 g/mol. The van der Waals surface area contributed by atoms with E-state index in [1.807, 2.05) is 0 Å². The molecule has 0 aromatic rings. The molecule has 0 spiro atoms. The quantitative estimate of drug-likeness (QED) is 0.426. The SMILES string of the molecule is CCCCOC(O)(OCCCC)OCCCC. The number of hydrogen-bond acceptors (Lipinski definition) is 4. The lowest BCUT2D eigenvalue weighted by Gasteiger charge is -2.27. The predicted molar refractivity (Wildman–Crippen MR) is 67.5 cm³/mol. The van der Waals surface area contributed by atoms with Gasteiger partial charge in [-0.15, -0.1) is 0 Å². The van der Waals surface area contributed by atoms with Crippen LogP contribution in [-0.4, -0.2) is 31.1 Å². The van der Waals surface area contributed by atoms with Gasteiger partial charge in [-0.05, 0) is 19.3 Å². The molecule has 4 heteroatoms. The molecular weight excluding hydrogens is 220 g/mol. The summed E-state index contributed by atoms with van der Waals surface area (Å²) < 4.78 is 15.8. The molecule has 104 valence electrons. The Morgan fingerprint density at radius 3 is 1.24 bits per heavy atom. The molecule has 0 atom stereocenters. The fourth-order valence-corrected chi connectivity index (χ4v) is 1.16. The Kier molecular flexibility index (Phi) is 10.9. The minimum absolute atomic E-state index is 0.450. The summed E-state index contributed by atoms with van der Waals surface area (Å²) in [5, 5.41) is 10.0. The molecule has 0 unspecified atom stereocenters. The van der Waals surface area contributed by atoms with Gasteiger partial charge in [0.25, 0.3) is 0 Å². The van der Waals surface area contributed by atoms with Crippen LogP contribution < -0.4 is 0 Å². The van der Waals surface area contributed by atoms with E-state index in [0.717, 1.165) is 38.5 Å². The van der Waals surface area contributed by atoms with Gasteiger partial charge in [-0.25, -0.2) is 0 Å². The molecule has 0 radical (unpaired) electrons.